The van der Waals surface area contributed by atoms with E-state index in [1.165, 1.54) is 25.1 Å². The number of amides is 2. The van der Waals surface area contributed by atoms with Gasteiger partial charge >= 0.3 is 6.03 Å². The smallest absolute Gasteiger partial charge is 0.332 e. The molecule has 1 fully saturated rings. The van der Waals surface area contributed by atoms with Crippen LogP contribution in [0.15, 0.2) is 23.3 Å². The van der Waals surface area contributed by atoms with Crippen molar-refractivity contribution in [1.29, 1.82) is 0 Å². The molecule has 1 aromatic rings. The number of ether oxygens (including phenoxy) is 1. The molecule has 6 heteroatoms. The molecular weight excluding hydrogens is 261 g/mol. The second-order valence-corrected chi connectivity index (χ2v) is 4.80. The highest BCUT2D eigenvalue weighted by molar-refractivity contribution is 5.81. The van der Waals surface area contributed by atoms with Crippen LogP contribution in [0.1, 0.15) is 36.8 Å². The first-order valence-corrected chi connectivity index (χ1v) is 6.63. The second-order valence-electron chi connectivity index (χ2n) is 4.80. The van der Waals surface area contributed by atoms with E-state index in [1.807, 2.05) is 0 Å². The number of urea groups is 1. The minimum Gasteiger partial charge on any atom is -0.373 e. The molecule has 0 unspecified atom stereocenters. The normalized spacial score (nSPS) is 15.8. The summed E-state index contributed by atoms with van der Waals surface area (Å²) in [5, 5.41) is 3.57. The maximum Gasteiger partial charge on any atom is 0.332 e. The summed E-state index contributed by atoms with van der Waals surface area (Å²) in [5.74, 6) is -0.342. The predicted molar refractivity (Wildman–Crippen MR) is 73.8 cm³/mol. The number of nitrogens with zero attached hydrogens (tertiary/aromatic N) is 1. The minimum absolute atomic E-state index is 0.260. The zero-order valence-electron chi connectivity index (χ0n) is 11.1. The maximum absolute atomic E-state index is 13.9. The predicted octanol–water partition coefficient (Wildman–Crippen LogP) is 2.29. The van der Waals surface area contributed by atoms with Crippen LogP contribution in [-0.2, 0) is 11.3 Å². The molecular formula is C14H18FN3O2. The fourth-order valence-electron chi connectivity index (χ4n) is 2.19. The molecule has 0 bridgehead atoms. The summed E-state index contributed by atoms with van der Waals surface area (Å²) in [7, 11) is 0. The number of carbonyl (C=O) groups is 1. The lowest BCUT2D eigenvalue weighted by Gasteiger charge is -2.11. The van der Waals surface area contributed by atoms with E-state index in [1.54, 1.807) is 12.1 Å². The molecule has 0 atom stereocenters. The molecule has 1 aromatic carbocycles. The third-order valence-electron chi connectivity index (χ3n) is 3.24. The first-order chi connectivity index (χ1) is 9.65. The van der Waals surface area contributed by atoms with E-state index in [4.69, 9.17) is 10.5 Å². The molecule has 0 aliphatic heterocycles. The van der Waals surface area contributed by atoms with Crippen LogP contribution in [0.25, 0.3) is 0 Å². The van der Waals surface area contributed by atoms with Crippen LogP contribution in [-0.4, -0.2) is 18.3 Å². The number of carbonyl (C=O) groups excluding carboxylic acids is 1. The van der Waals surface area contributed by atoms with Crippen molar-refractivity contribution in [2.75, 3.05) is 0 Å². The first-order valence-electron chi connectivity index (χ1n) is 6.63. The Morgan fingerprint density at radius 3 is 2.90 bits per heavy atom. The van der Waals surface area contributed by atoms with Gasteiger partial charge in [0.1, 0.15) is 5.82 Å². The number of nitrogens with one attached hydrogen (secondary N) is 1. The van der Waals surface area contributed by atoms with Crippen LogP contribution in [0.5, 0.6) is 0 Å². The Bertz CT molecular complexity index is 499. The van der Waals surface area contributed by atoms with Crippen molar-refractivity contribution < 1.29 is 13.9 Å². The third kappa shape index (κ3) is 4.31. The van der Waals surface area contributed by atoms with Gasteiger partial charge in [0.25, 0.3) is 0 Å². The molecule has 20 heavy (non-hydrogen) atoms. The van der Waals surface area contributed by atoms with Crippen LogP contribution in [0.3, 0.4) is 0 Å². The lowest BCUT2D eigenvalue weighted by atomic mass is 10.1. The van der Waals surface area contributed by atoms with Crippen molar-refractivity contribution in [3.05, 3.63) is 35.1 Å². The highest BCUT2D eigenvalue weighted by atomic mass is 19.1. The van der Waals surface area contributed by atoms with Gasteiger partial charge in [0.2, 0.25) is 0 Å². The zero-order chi connectivity index (χ0) is 14.4. The maximum atomic E-state index is 13.9. The van der Waals surface area contributed by atoms with Gasteiger partial charge in [-0.05, 0) is 24.5 Å². The number of benzene rings is 1. The molecule has 1 aliphatic rings. The Labute approximate surface area is 117 Å². The number of rotatable bonds is 5. The van der Waals surface area contributed by atoms with Crippen LogP contribution in [0.2, 0.25) is 0 Å². The van der Waals surface area contributed by atoms with Crippen LogP contribution < -0.4 is 11.2 Å². The highest BCUT2D eigenvalue weighted by Crippen LogP contribution is 2.22. The van der Waals surface area contributed by atoms with Crippen LogP contribution >= 0.6 is 0 Å². The van der Waals surface area contributed by atoms with Gasteiger partial charge in [-0.1, -0.05) is 25.0 Å². The van der Waals surface area contributed by atoms with Gasteiger partial charge in [-0.3, -0.25) is 0 Å². The van der Waals surface area contributed by atoms with Crippen molar-refractivity contribution in [3.8, 4) is 0 Å². The van der Waals surface area contributed by atoms with Crippen molar-refractivity contribution >= 4 is 12.2 Å². The van der Waals surface area contributed by atoms with Gasteiger partial charge in [-0.15, -0.1) is 0 Å². The van der Waals surface area contributed by atoms with E-state index < -0.39 is 6.03 Å². The van der Waals surface area contributed by atoms with Crippen molar-refractivity contribution in [3.63, 3.8) is 0 Å². The van der Waals surface area contributed by atoms with E-state index in [-0.39, 0.29) is 18.5 Å². The lowest BCUT2D eigenvalue weighted by molar-refractivity contribution is 0.0441. The quantitative estimate of drug-likeness (QED) is 0.641. The summed E-state index contributed by atoms with van der Waals surface area (Å²) in [6, 6.07) is 3.96. The number of hydrogen-bond donors (Lipinski definition) is 2. The Morgan fingerprint density at radius 2 is 2.25 bits per heavy atom. The number of hydrazone groups is 1. The Hall–Kier alpha value is -1.95. The largest absolute Gasteiger partial charge is 0.373 e. The van der Waals surface area contributed by atoms with Gasteiger partial charge in [0.05, 0.1) is 18.9 Å². The van der Waals surface area contributed by atoms with Gasteiger partial charge in [0, 0.05) is 5.56 Å². The van der Waals surface area contributed by atoms with Crippen LogP contribution in [0.4, 0.5) is 9.18 Å². The SMILES string of the molecule is NC(=O)NN=Cc1ccc(COC2CCCC2)c(F)c1. The van der Waals surface area contributed by atoms with E-state index in [2.05, 4.69) is 10.5 Å². The Balaban J connectivity index is 1.91. The molecule has 5 nitrogen and oxygen atoms in total. The molecule has 0 aromatic heterocycles. The third-order valence-corrected chi connectivity index (χ3v) is 3.24. The fraction of sp³-hybridized carbons (Fsp3) is 0.429. The number of hydrogen-bond acceptors (Lipinski definition) is 3. The Morgan fingerprint density at radius 1 is 1.50 bits per heavy atom. The molecule has 0 saturated heterocycles. The molecule has 0 radical (unpaired) electrons. The first kappa shape index (κ1) is 14.5. The van der Waals surface area contributed by atoms with Crippen molar-refractivity contribution in [2.45, 2.75) is 38.4 Å². The molecule has 0 heterocycles. The zero-order valence-corrected chi connectivity index (χ0v) is 11.1. The fourth-order valence-corrected chi connectivity index (χ4v) is 2.19. The summed E-state index contributed by atoms with van der Waals surface area (Å²) in [6.07, 6.45) is 6.09. The molecule has 0 spiro atoms. The summed E-state index contributed by atoms with van der Waals surface area (Å²) in [5.41, 5.74) is 7.97. The van der Waals surface area contributed by atoms with Gasteiger partial charge in [-0.25, -0.2) is 14.6 Å². The number of nitrogens with two attached hydrogens (primary N) is 1. The van der Waals surface area contributed by atoms with Crippen LogP contribution in [0, 0.1) is 5.82 Å². The summed E-state index contributed by atoms with van der Waals surface area (Å²) < 4.78 is 19.5. The van der Waals surface area contributed by atoms with Crippen molar-refractivity contribution in [2.24, 2.45) is 10.8 Å². The second kappa shape index (κ2) is 7.00. The van der Waals surface area contributed by atoms with E-state index >= 15 is 0 Å². The summed E-state index contributed by atoms with van der Waals surface area (Å²) in [4.78, 5) is 10.4. The standard InChI is InChI=1S/C14H18FN3O2/c15-13-7-10(8-17-18-14(16)19)5-6-11(13)9-20-12-3-1-2-4-12/h5-8,12H,1-4,9H2,(H3,16,18,19). The van der Waals surface area contributed by atoms with Gasteiger partial charge in [-0.2, -0.15) is 5.10 Å². The van der Waals surface area contributed by atoms with E-state index in [9.17, 15) is 9.18 Å². The summed E-state index contributed by atoms with van der Waals surface area (Å²) >= 11 is 0. The minimum atomic E-state index is -0.761. The molecule has 1 aliphatic carbocycles. The average Bonchev–Trinajstić information content (AvgIpc) is 2.90. The monoisotopic (exact) mass is 279 g/mol. The van der Waals surface area contributed by atoms with Crippen molar-refractivity contribution in [1.82, 2.24) is 5.43 Å². The molecule has 3 N–H and O–H groups in total. The molecule has 2 rings (SSSR count). The Kier molecular flexibility index (Phi) is 5.06. The number of halogens is 1. The van der Waals surface area contributed by atoms with E-state index in [0.717, 1.165) is 12.8 Å². The lowest BCUT2D eigenvalue weighted by Crippen LogP contribution is -2.24. The summed E-state index contributed by atoms with van der Waals surface area (Å²) in [6.45, 7) is 0.285. The molecule has 108 valence electrons. The highest BCUT2D eigenvalue weighted by Gasteiger charge is 2.15. The van der Waals surface area contributed by atoms with Gasteiger partial charge in [0.15, 0.2) is 0 Å². The molecule has 1 saturated carbocycles. The van der Waals surface area contributed by atoms with E-state index in [0.29, 0.717) is 11.1 Å². The van der Waals surface area contributed by atoms with Gasteiger partial charge < -0.3 is 10.5 Å². The number of primary amides is 1. The topological polar surface area (TPSA) is 76.7 Å². The molecule has 2 amide bonds. The average molecular weight is 279 g/mol.